The molecule has 1 aromatic heterocycles. The Morgan fingerprint density at radius 3 is 2.74 bits per heavy atom. The van der Waals surface area contributed by atoms with Crippen molar-refractivity contribution in [2.45, 2.75) is 37.6 Å². The fraction of sp³-hybridized carbons (Fsp3) is 0.583. The summed E-state index contributed by atoms with van der Waals surface area (Å²) in [5, 5.41) is 3.36. The Morgan fingerprint density at radius 2 is 2.21 bits per heavy atom. The van der Waals surface area contributed by atoms with E-state index in [9.17, 15) is 8.42 Å². The largest absolute Gasteiger partial charge is 0.369 e. The Morgan fingerprint density at radius 1 is 1.53 bits per heavy atom. The summed E-state index contributed by atoms with van der Waals surface area (Å²) in [6.07, 6.45) is 3.16. The Kier molecular flexibility index (Phi) is 4.32. The van der Waals surface area contributed by atoms with Crippen LogP contribution in [-0.2, 0) is 10.0 Å². The van der Waals surface area contributed by atoms with Crippen LogP contribution in [0.5, 0.6) is 0 Å². The van der Waals surface area contributed by atoms with Crippen LogP contribution in [0, 0.1) is 5.92 Å². The van der Waals surface area contributed by atoms with E-state index < -0.39 is 10.0 Å². The van der Waals surface area contributed by atoms with Crippen LogP contribution in [-0.4, -0.2) is 26.0 Å². The van der Waals surface area contributed by atoms with E-state index in [1.807, 2.05) is 13.8 Å². The molecule has 2 rings (SSSR count). The summed E-state index contributed by atoms with van der Waals surface area (Å²) in [5.41, 5.74) is 0. The molecule has 0 saturated heterocycles. The van der Waals surface area contributed by atoms with Gasteiger partial charge in [0.25, 0.3) is 0 Å². The lowest BCUT2D eigenvalue weighted by Crippen LogP contribution is -2.27. The number of anilines is 1. The number of hydrogen-bond donors (Lipinski definition) is 2. The molecule has 0 amide bonds. The highest BCUT2D eigenvalue weighted by Gasteiger charge is 2.36. The zero-order valence-electron chi connectivity index (χ0n) is 11.0. The normalized spacial score (nSPS) is 22.3. The number of nitrogens with one attached hydrogen (secondary N) is 2. The van der Waals surface area contributed by atoms with Gasteiger partial charge in [-0.1, -0.05) is 25.4 Å². The molecule has 0 aliphatic heterocycles. The molecule has 2 unspecified atom stereocenters. The number of halogens is 1. The molecule has 1 aliphatic rings. The second-order valence-electron chi connectivity index (χ2n) is 4.87. The summed E-state index contributed by atoms with van der Waals surface area (Å²) in [6, 6.07) is 1.48. The zero-order valence-corrected chi connectivity index (χ0v) is 12.6. The number of pyridine rings is 1. The van der Waals surface area contributed by atoms with E-state index in [1.54, 1.807) is 0 Å². The van der Waals surface area contributed by atoms with E-state index in [0.717, 1.165) is 19.4 Å². The molecule has 2 N–H and O–H groups in total. The van der Waals surface area contributed by atoms with E-state index in [1.165, 1.54) is 12.3 Å². The predicted octanol–water partition coefficient (Wildman–Crippen LogP) is 2.24. The van der Waals surface area contributed by atoms with Crippen molar-refractivity contribution in [1.82, 2.24) is 9.71 Å². The van der Waals surface area contributed by atoms with Crippen molar-refractivity contribution >= 4 is 27.4 Å². The molecular weight excluding hydrogens is 286 g/mol. The minimum absolute atomic E-state index is 0.0432. The number of rotatable bonds is 6. The summed E-state index contributed by atoms with van der Waals surface area (Å²) in [7, 11) is -3.51. The monoisotopic (exact) mass is 303 g/mol. The minimum atomic E-state index is -3.51. The average Bonchev–Trinajstić information content (AvgIpc) is 3.02. The van der Waals surface area contributed by atoms with Gasteiger partial charge < -0.3 is 5.32 Å². The molecule has 0 aromatic carbocycles. The lowest BCUT2D eigenvalue weighted by atomic mass is 10.4. The number of nitrogens with zero attached hydrogens (tertiary/aromatic N) is 1. The maximum Gasteiger partial charge on any atom is 0.242 e. The van der Waals surface area contributed by atoms with Gasteiger partial charge in [0.05, 0.1) is 5.02 Å². The second-order valence-corrected chi connectivity index (χ2v) is 6.99. The molecule has 1 fully saturated rings. The molecule has 5 nitrogen and oxygen atoms in total. The summed E-state index contributed by atoms with van der Waals surface area (Å²) in [5.74, 6) is 0.922. The van der Waals surface area contributed by atoms with Crippen LogP contribution < -0.4 is 10.0 Å². The lowest BCUT2D eigenvalue weighted by molar-refractivity contribution is 0.578. The van der Waals surface area contributed by atoms with Gasteiger partial charge in [-0.2, -0.15) is 0 Å². The van der Waals surface area contributed by atoms with Crippen LogP contribution in [0.25, 0.3) is 0 Å². The standard InChI is InChI=1S/C12H18ClN3O2S/c1-3-4-14-12-10(13)6-9(7-15-12)19(17,18)16-11-5-8(11)2/h6-8,11,16H,3-5H2,1-2H3,(H,14,15). The topological polar surface area (TPSA) is 71.1 Å². The van der Waals surface area contributed by atoms with Gasteiger partial charge >= 0.3 is 0 Å². The first-order valence-electron chi connectivity index (χ1n) is 6.35. The Labute approximate surface area is 118 Å². The van der Waals surface area contributed by atoms with Gasteiger partial charge in [0, 0.05) is 18.8 Å². The molecule has 0 spiro atoms. The van der Waals surface area contributed by atoms with Crippen LogP contribution in [0.1, 0.15) is 26.7 Å². The molecule has 0 radical (unpaired) electrons. The van der Waals surface area contributed by atoms with Gasteiger partial charge in [0.1, 0.15) is 10.7 Å². The van der Waals surface area contributed by atoms with Crippen molar-refractivity contribution in [3.8, 4) is 0 Å². The van der Waals surface area contributed by atoms with Crippen LogP contribution in [0.2, 0.25) is 5.02 Å². The van der Waals surface area contributed by atoms with Crippen molar-refractivity contribution in [3.05, 3.63) is 17.3 Å². The first-order valence-corrected chi connectivity index (χ1v) is 8.22. The van der Waals surface area contributed by atoms with Crippen molar-refractivity contribution < 1.29 is 8.42 Å². The Balaban J connectivity index is 2.14. The smallest absolute Gasteiger partial charge is 0.242 e. The van der Waals surface area contributed by atoms with Crippen molar-refractivity contribution in [3.63, 3.8) is 0 Å². The summed E-state index contributed by atoms with van der Waals surface area (Å²) in [6.45, 7) is 4.79. The van der Waals surface area contributed by atoms with Gasteiger partial charge in [-0.3, -0.25) is 0 Å². The third-order valence-corrected chi connectivity index (χ3v) is 4.83. The van der Waals surface area contributed by atoms with E-state index in [-0.39, 0.29) is 10.9 Å². The highest BCUT2D eigenvalue weighted by molar-refractivity contribution is 7.89. The number of hydrogen-bond acceptors (Lipinski definition) is 4. The molecule has 1 heterocycles. The molecule has 7 heteroatoms. The lowest BCUT2D eigenvalue weighted by Gasteiger charge is -2.09. The zero-order chi connectivity index (χ0) is 14.0. The van der Waals surface area contributed by atoms with Crippen LogP contribution in [0.15, 0.2) is 17.2 Å². The summed E-state index contributed by atoms with van der Waals surface area (Å²) in [4.78, 5) is 4.18. The van der Waals surface area contributed by atoms with E-state index in [4.69, 9.17) is 11.6 Å². The van der Waals surface area contributed by atoms with Crippen molar-refractivity contribution in [1.29, 1.82) is 0 Å². The molecule has 1 saturated carbocycles. The molecule has 0 bridgehead atoms. The molecule has 2 atom stereocenters. The molecule has 1 aliphatic carbocycles. The van der Waals surface area contributed by atoms with E-state index in [0.29, 0.717) is 16.8 Å². The predicted molar refractivity (Wildman–Crippen MR) is 75.9 cm³/mol. The Bertz CT molecular complexity index is 562. The van der Waals surface area contributed by atoms with Gasteiger partial charge in [0.2, 0.25) is 10.0 Å². The van der Waals surface area contributed by atoms with Crippen molar-refractivity contribution in [2.75, 3.05) is 11.9 Å². The minimum Gasteiger partial charge on any atom is -0.369 e. The van der Waals surface area contributed by atoms with Gasteiger partial charge in [-0.05, 0) is 24.8 Å². The van der Waals surface area contributed by atoms with Crippen LogP contribution in [0.4, 0.5) is 5.82 Å². The van der Waals surface area contributed by atoms with E-state index >= 15 is 0 Å². The van der Waals surface area contributed by atoms with Gasteiger partial charge in [-0.15, -0.1) is 0 Å². The number of sulfonamides is 1. The fourth-order valence-corrected chi connectivity index (χ4v) is 3.32. The van der Waals surface area contributed by atoms with Crippen molar-refractivity contribution in [2.24, 2.45) is 5.92 Å². The van der Waals surface area contributed by atoms with Crippen LogP contribution >= 0.6 is 11.6 Å². The first-order chi connectivity index (χ1) is 8.94. The summed E-state index contributed by atoms with van der Waals surface area (Å²) < 4.78 is 26.8. The second kappa shape index (κ2) is 5.64. The molecule has 1 aromatic rings. The SMILES string of the molecule is CCCNc1ncc(S(=O)(=O)NC2CC2C)cc1Cl. The molecule has 19 heavy (non-hydrogen) atoms. The third kappa shape index (κ3) is 3.58. The molecule has 106 valence electrons. The maximum absolute atomic E-state index is 12.1. The highest BCUT2D eigenvalue weighted by atomic mass is 35.5. The number of aromatic nitrogens is 1. The van der Waals surface area contributed by atoms with Crippen LogP contribution in [0.3, 0.4) is 0 Å². The van der Waals surface area contributed by atoms with Gasteiger partial charge in [0.15, 0.2) is 0 Å². The maximum atomic E-state index is 12.1. The quantitative estimate of drug-likeness (QED) is 0.845. The van der Waals surface area contributed by atoms with E-state index in [2.05, 4.69) is 15.0 Å². The third-order valence-electron chi connectivity index (χ3n) is 3.08. The van der Waals surface area contributed by atoms with Gasteiger partial charge in [-0.25, -0.2) is 18.1 Å². The fourth-order valence-electron chi connectivity index (χ4n) is 1.69. The first kappa shape index (κ1) is 14.6. The Hall–Kier alpha value is -0.850. The highest BCUT2D eigenvalue weighted by Crippen LogP contribution is 2.31. The average molecular weight is 304 g/mol. The molecular formula is C12H18ClN3O2S. The summed E-state index contributed by atoms with van der Waals surface area (Å²) >= 11 is 6.03.